The molecule has 1 aromatic heterocycles. The van der Waals surface area contributed by atoms with Crippen LogP contribution in [0.15, 0.2) is 36.7 Å². The smallest absolute Gasteiger partial charge is 0.256 e. The molecule has 0 spiro atoms. The number of rotatable bonds is 5. The average Bonchev–Trinajstić information content (AvgIpc) is 2.93. The van der Waals surface area contributed by atoms with Crippen molar-refractivity contribution >= 4 is 17.5 Å². The number of hydrogen-bond acceptors (Lipinski definition) is 3. The van der Waals surface area contributed by atoms with Gasteiger partial charge in [-0.1, -0.05) is 17.7 Å². The van der Waals surface area contributed by atoms with Gasteiger partial charge in [-0.25, -0.2) is 4.68 Å². The lowest BCUT2D eigenvalue weighted by molar-refractivity contribution is 0.0797. The van der Waals surface area contributed by atoms with Crippen LogP contribution in [0.4, 0.5) is 0 Å². The highest BCUT2D eigenvalue weighted by atomic mass is 35.5. The van der Waals surface area contributed by atoms with E-state index >= 15 is 0 Å². The summed E-state index contributed by atoms with van der Waals surface area (Å²) in [5, 5.41) is 7.86. The molecule has 0 aliphatic rings. The van der Waals surface area contributed by atoms with Crippen molar-refractivity contribution in [3.63, 3.8) is 0 Å². The quantitative estimate of drug-likeness (QED) is 0.914. The van der Waals surface area contributed by atoms with E-state index in [0.29, 0.717) is 17.1 Å². The molecule has 0 radical (unpaired) electrons. The number of benzene rings is 1. The number of nitrogens with zero attached hydrogens (tertiary/aromatic N) is 3. The highest BCUT2D eigenvalue weighted by Crippen LogP contribution is 2.15. The van der Waals surface area contributed by atoms with Crippen LogP contribution in [-0.4, -0.2) is 47.8 Å². The number of nitrogens with one attached hydrogen (secondary N) is 1. The van der Waals surface area contributed by atoms with Crippen LogP contribution in [0.3, 0.4) is 0 Å². The highest BCUT2D eigenvalue weighted by Gasteiger charge is 2.13. The Morgan fingerprint density at radius 3 is 3.00 bits per heavy atom. The van der Waals surface area contributed by atoms with E-state index in [-0.39, 0.29) is 5.91 Å². The number of amides is 1. The van der Waals surface area contributed by atoms with Crippen molar-refractivity contribution in [2.75, 3.05) is 27.2 Å². The van der Waals surface area contributed by atoms with Crippen LogP contribution in [0.1, 0.15) is 10.4 Å². The molecule has 2 rings (SSSR count). The molecule has 20 heavy (non-hydrogen) atoms. The third kappa shape index (κ3) is 3.37. The van der Waals surface area contributed by atoms with Crippen LogP contribution in [-0.2, 0) is 0 Å². The molecular weight excluding hydrogens is 276 g/mol. The monoisotopic (exact) mass is 292 g/mol. The van der Waals surface area contributed by atoms with Gasteiger partial charge in [0.05, 0.1) is 17.4 Å². The Morgan fingerprint density at radius 1 is 1.50 bits per heavy atom. The number of carbonyl (C=O) groups is 1. The molecule has 0 unspecified atom stereocenters. The summed E-state index contributed by atoms with van der Waals surface area (Å²) in [6.45, 7) is 1.41. The summed E-state index contributed by atoms with van der Waals surface area (Å²) in [5.74, 6) is -0.0477. The second-order valence-electron chi connectivity index (χ2n) is 4.48. The third-order valence-corrected chi connectivity index (χ3v) is 3.18. The number of likely N-dealkylation sites (N-methyl/N-ethyl adjacent to an activating group) is 2. The van der Waals surface area contributed by atoms with Gasteiger partial charge in [0, 0.05) is 31.4 Å². The zero-order chi connectivity index (χ0) is 14.5. The predicted octanol–water partition coefficient (Wildman–Crippen LogP) is 1.82. The zero-order valence-corrected chi connectivity index (χ0v) is 12.3. The normalized spacial score (nSPS) is 10.6. The Bertz CT molecular complexity index is 596. The topological polar surface area (TPSA) is 50.2 Å². The van der Waals surface area contributed by atoms with Crippen molar-refractivity contribution in [2.45, 2.75) is 0 Å². The van der Waals surface area contributed by atoms with E-state index in [2.05, 4.69) is 10.4 Å². The van der Waals surface area contributed by atoms with Crippen molar-refractivity contribution in [1.82, 2.24) is 20.0 Å². The maximum Gasteiger partial charge on any atom is 0.256 e. The summed E-state index contributed by atoms with van der Waals surface area (Å²) in [4.78, 5) is 13.8. The molecule has 0 aliphatic carbocycles. The molecule has 0 saturated carbocycles. The van der Waals surface area contributed by atoms with Gasteiger partial charge >= 0.3 is 0 Å². The largest absolute Gasteiger partial charge is 0.340 e. The summed E-state index contributed by atoms with van der Waals surface area (Å²) >= 11 is 5.95. The van der Waals surface area contributed by atoms with Gasteiger partial charge in [-0.2, -0.15) is 5.10 Å². The Hall–Kier alpha value is -1.85. The van der Waals surface area contributed by atoms with E-state index in [1.54, 1.807) is 41.2 Å². The van der Waals surface area contributed by atoms with Gasteiger partial charge in [-0.05, 0) is 25.2 Å². The van der Waals surface area contributed by atoms with E-state index in [4.69, 9.17) is 11.6 Å². The maximum absolute atomic E-state index is 12.2. The summed E-state index contributed by atoms with van der Waals surface area (Å²) in [6, 6.07) is 7.33. The molecule has 0 aliphatic heterocycles. The number of halogens is 1. The first-order valence-electron chi connectivity index (χ1n) is 6.32. The van der Waals surface area contributed by atoms with Crippen molar-refractivity contribution in [2.24, 2.45) is 0 Å². The van der Waals surface area contributed by atoms with Crippen LogP contribution in [0, 0.1) is 0 Å². The summed E-state index contributed by atoms with van der Waals surface area (Å²) < 4.78 is 1.64. The van der Waals surface area contributed by atoms with E-state index < -0.39 is 0 Å². The first-order chi connectivity index (χ1) is 9.61. The fourth-order valence-electron chi connectivity index (χ4n) is 1.79. The molecule has 106 valence electrons. The Kier molecular flexibility index (Phi) is 4.76. The standard InChI is InChI=1S/C14H17ClN4O/c1-16-6-7-18(2)14(20)11-9-17-19(10-11)13-5-3-4-12(15)8-13/h3-5,8-10,16H,6-7H2,1-2H3. The number of aromatic nitrogens is 2. The van der Waals surface area contributed by atoms with Crippen molar-refractivity contribution in [3.05, 3.63) is 47.2 Å². The van der Waals surface area contributed by atoms with Gasteiger partial charge in [0.1, 0.15) is 0 Å². The molecule has 0 fully saturated rings. The summed E-state index contributed by atoms with van der Waals surface area (Å²) in [5.41, 5.74) is 1.39. The lowest BCUT2D eigenvalue weighted by Crippen LogP contribution is -2.32. The van der Waals surface area contributed by atoms with Gasteiger partial charge in [0.2, 0.25) is 0 Å². The lowest BCUT2D eigenvalue weighted by atomic mass is 10.3. The van der Waals surface area contributed by atoms with E-state index in [1.165, 1.54) is 0 Å². The van der Waals surface area contributed by atoms with Crippen molar-refractivity contribution in [1.29, 1.82) is 0 Å². The second-order valence-corrected chi connectivity index (χ2v) is 4.92. The Morgan fingerprint density at radius 2 is 2.30 bits per heavy atom. The molecular formula is C14H17ClN4O. The highest BCUT2D eigenvalue weighted by molar-refractivity contribution is 6.30. The molecule has 6 heteroatoms. The summed E-state index contributed by atoms with van der Waals surface area (Å²) in [6.07, 6.45) is 3.28. The minimum atomic E-state index is -0.0477. The van der Waals surface area contributed by atoms with Crippen LogP contribution in [0.25, 0.3) is 5.69 Å². The van der Waals surface area contributed by atoms with Gasteiger partial charge in [0.25, 0.3) is 5.91 Å². The van der Waals surface area contributed by atoms with Crippen LogP contribution in [0.2, 0.25) is 5.02 Å². The van der Waals surface area contributed by atoms with Crippen LogP contribution < -0.4 is 5.32 Å². The lowest BCUT2D eigenvalue weighted by Gasteiger charge is -2.15. The first-order valence-corrected chi connectivity index (χ1v) is 6.70. The van der Waals surface area contributed by atoms with E-state index in [1.807, 2.05) is 19.2 Å². The molecule has 0 saturated heterocycles. The van der Waals surface area contributed by atoms with Crippen molar-refractivity contribution < 1.29 is 4.79 Å². The van der Waals surface area contributed by atoms with Gasteiger partial charge in [-0.15, -0.1) is 0 Å². The molecule has 1 heterocycles. The van der Waals surface area contributed by atoms with E-state index in [9.17, 15) is 4.79 Å². The fourth-order valence-corrected chi connectivity index (χ4v) is 1.98. The predicted molar refractivity (Wildman–Crippen MR) is 79.5 cm³/mol. The molecule has 1 aromatic carbocycles. The molecule has 5 nitrogen and oxygen atoms in total. The Balaban J connectivity index is 2.14. The van der Waals surface area contributed by atoms with Crippen LogP contribution in [0.5, 0.6) is 0 Å². The SMILES string of the molecule is CNCCN(C)C(=O)c1cnn(-c2cccc(Cl)c2)c1. The molecule has 2 aromatic rings. The minimum Gasteiger partial charge on any atom is -0.340 e. The molecule has 1 N–H and O–H groups in total. The molecule has 0 atom stereocenters. The first kappa shape index (κ1) is 14.6. The fraction of sp³-hybridized carbons (Fsp3) is 0.286. The van der Waals surface area contributed by atoms with E-state index in [0.717, 1.165) is 12.2 Å². The third-order valence-electron chi connectivity index (χ3n) is 2.95. The minimum absolute atomic E-state index is 0.0477. The number of hydrogen-bond donors (Lipinski definition) is 1. The molecule has 0 bridgehead atoms. The van der Waals surface area contributed by atoms with Crippen molar-refractivity contribution in [3.8, 4) is 5.69 Å². The average molecular weight is 293 g/mol. The summed E-state index contributed by atoms with van der Waals surface area (Å²) in [7, 11) is 3.63. The van der Waals surface area contributed by atoms with Crippen LogP contribution >= 0.6 is 11.6 Å². The van der Waals surface area contributed by atoms with Gasteiger partial charge < -0.3 is 10.2 Å². The Labute approximate surface area is 123 Å². The molecule has 1 amide bonds. The second kappa shape index (κ2) is 6.54. The maximum atomic E-state index is 12.2. The number of carbonyl (C=O) groups excluding carboxylic acids is 1. The van der Waals surface area contributed by atoms with Gasteiger partial charge in [0.15, 0.2) is 0 Å². The zero-order valence-electron chi connectivity index (χ0n) is 11.5. The van der Waals surface area contributed by atoms with Gasteiger partial charge in [-0.3, -0.25) is 4.79 Å².